The van der Waals surface area contributed by atoms with Crippen LogP contribution in [0.4, 0.5) is 0 Å². The smallest absolute Gasteiger partial charge is 0.183 e. The van der Waals surface area contributed by atoms with Gasteiger partial charge in [-0.25, -0.2) is 4.98 Å². The minimum absolute atomic E-state index is 0.0327. The number of rotatable bonds is 5. The third-order valence-corrected chi connectivity index (χ3v) is 4.48. The molecule has 1 aliphatic rings. The first kappa shape index (κ1) is 15.2. The minimum atomic E-state index is 0.0327. The molecule has 0 saturated carbocycles. The fourth-order valence-electron chi connectivity index (χ4n) is 2.56. The summed E-state index contributed by atoms with van der Waals surface area (Å²) < 4.78 is 16.6. The summed E-state index contributed by atoms with van der Waals surface area (Å²) in [6.45, 7) is 3.06. The number of aromatic nitrogens is 2. The highest BCUT2D eigenvalue weighted by Crippen LogP contribution is 2.31. The predicted molar refractivity (Wildman–Crippen MR) is 83.4 cm³/mol. The number of ether oxygens (including phenoxy) is 3. The zero-order valence-corrected chi connectivity index (χ0v) is 13.5. The Kier molecular flexibility index (Phi) is 4.87. The molecule has 2 aromatic rings. The van der Waals surface area contributed by atoms with Crippen LogP contribution in [0.2, 0.25) is 0 Å². The van der Waals surface area contributed by atoms with E-state index in [1.807, 2.05) is 11.6 Å². The van der Waals surface area contributed by atoms with Crippen molar-refractivity contribution in [1.29, 1.82) is 0 Å². The SMILES string of the molecule is COc1ccnc(CN2CCO[C@H](c3nccs3)C2)c1OC. The van der Waals surface area contributed by atoms with E-state index in [1.165, 1.54) is 0 Å². The fraction of sp³-hybridized carbons (Fsp3) is 0.467. The number of hydrogen-bond donors (Lipinski definition) is 0. The molecule has 0 unspecified atom stereocenters. The molecule has 0 N–H and O–H groups in total. The van der Waals surface area contributed by atoms with Crippen LogP contribution < -0.4 is 9.47 Å². The Hall–Kier alpha value is -1.70. The molecule has 1 atom stereocenters. The molecule has 3 heterocycles. The summed E-state index contributed by atoms with van der Waals surface area (Å²) in [5.74, 6) is 1.40. The van der Waals surface area contributed by atoms with Gasteiger partial charge in [0.15, 0.2) is 11.5 Å². The van der Waals surface area contributed by atoms with Crippen molar-refractivity contribution < 1.29 is 14.2 Å². The van der Waals surface area contributed by atoms with Crippen LogP contribution in [0.5, 0.6) is 11.5 Å². The van der Waals surface area contributed by atoms with Gasteiger partial charge in [0.25, 0.3) is 0 Å². The lowest BCUT2D eigenvalue weighted by Gasteiger charge is -2.32. The van der Waals surface area contributed by atoms with Gasteiger partial charge in [-0.1, -0.05) is 0 Å². The highest BCUT2D eigenvalue weighted by molar-refractivity contribution is 7.09. The summed E-state index contributed by atoms with van der Waals surface area (Å²) in [4.78, 5) is 11.1. The summed E-state index contributed by atoms with van der Waals surface area (Å²) in [5.41, 5.74) is 0.877. The number of pyridine rings is 1. The number of thiazole rings is 1. The van der Waals surface area contributed by atoms with E-state index < -0.39 is 0 Å². The number of methoxy groups -OCH3 is 2. The van der Waals surface area contributed by atoms with Crippen molar-refractivity contribution in [1.82, 2.24) is 14.9 Å². The van der Waals surface area contributed by atoms with E-state index in [-0.39, 0.29) is 6.10 Å². The van der Waals surface area contributed by atoms with E-state index >= 15 is 0 Å². The minimum Gasteiger partial charge on any atom is -0.493 e. The van der Waals surface area contributed by atoms with E-state index in [0.717, 1.165) is 23.8 Å². The van der Waals surface area contributed by atoms with Gasteiger partial charge >= 0.3 is 0 Å². The molecular weight excluding hydrogens is 302 g/mol. The maximum absolute atomic E-state index is 5.82. The van der Waals surface area contributed by atoms with Crippen molar-refractivity contribution in [3.63, 3.8) is 0 Å². The predicted octanol–water partition coefficient (Wildman–Crippen LogP) is 2.13. The van der Waals surface area contributed by atoms with Crippen LogP contribution in [0.1, 0.15) is 16.8 Å². The average Bonchev–Trinajstić information content (AvgIpc) is 3.09. The van der Waals surface area contributed by atoms with Crippen LogP contribution in [-0.2, 0) is 11.3 Å². The quantitative estimate of drug-likeness (QED) is 0.841. The van der Waals surface area contributed by atoms with Gasteiger partial charge in [-0.15, -0.1) is 11.3 Å². The summed E-state index contributed by atoms with van der Waals surface area (Å²) in [6, 6.07) is 1.81. The molecule has 0 radical (unpaired) electrons. The molecule has 22 heavy (non-hydrogen) atoms. The molecule has 0 aliphatic carbocycles. The van der Waals surface area contributed by atoms with Gasteiger partial charge in [0.1, 0.15) is 16.8 Å². The normalized spacial score (nSPS) is 19.1. The van der Waals surface area contributed by atoms with E-state index in [1.54, 1.807) is 37.8 Å². The van der Waals surface area contributed by atoms with Gasteiger partial charge < -0.3 is 14.2 Å². The second kappa shape index (κ2) is 7.04. The molecule has 3 rings (SSSR count). The van der Waals surface area contributed by atoms with Gasteiger partial charge in [-0.2, -0.15) is 0 Å². The van der Waals surface area contributed by atoms with Crippen molar-refractivity contribution in [2.75, 3.05) is 33.9 Å². The Morgan fingerprint density at radius 3 is 2.95 bits per heavy atom. The van der Waals surface area contributed by atoms with Crippen molar-refractivity contribution >= 4 is 11.3 Å². The Bertz CT molecular complexity index is 606. The van der Waals surface area contributed by atoms with Crippen LogP contribution in [0.15, 0.2) is 23.8 Å². The zero-order chi connectivity index (χ0) is 15.4. The topological polar surface area (TPSA) is 56.7 Å². The maximum Gasteiger partial charge on any atom is 0.183 e. The molecular formula is C15H19N3O3S. The third-order valence-electron chi connectivity index (χ3n) is 3.62. The fourth-order valence-corrected chi connectivity index (χ4v) is 3.24. The lowest BCUT2D eigenvalue weighted by molar-refractivity contribution is -0.0335. The molecule has 6 nitrogen and oxygen atoms in total. The first-order valence-corrected chi connectivity index (χ1v) is 7.99. The van der Waals surface area contributed by atoms with Gasteiger partial charge in [0, 0.05) is 43.5 Å². The Morgan fingerprint density at radius 2 is 2.23 bits per heavy atom. The molecule has 0 bridgehead atoms. The second-order valence-electron chi connectivity index (χ2n) is 4.96. The van der Waals surface area contributed by atoms with Crippen molar-refractivity contribution in [2.45, 2.75) is 12.6 Å². The van der Waals surface area contributed by atoms with Crippen LogP contribution in [0.25, 0.3) is 0 Å². The molecule has 1 fully saturated rings. The lowest BCUT2D eigenvalue weighted by Crippen LogP contribution is -2.38. The highest BCUT2D eigenvalue weighted by Gasteiger charge is 2.25. The molecule has 1 saturated heterocycles. The lowest BCUT2D eigenvalue weighted by atomic mass is 10.2. The van der Waals surface area contributed by atoms with E-state index in [9.17, 15) is 0 Å². The largest absolute Gasteiger partial charge is 0.493 e. The molecule has 0 amide bonds. The summed E-state index contributed by atoms with van der Waals surface area (Å²) in [7, 11) is 3.27. The number of nitrogens with zero attached hydrogens (tertiary/aromatic N) is 3. The molecule has 2 aromatic heterocycles. The molecule has 1 aliphatic heterocycles. The third kappa shape index (κ3) is 3.21. The van der Waals surface area contributed by atoms with Crippen molar-refractivity contribution in [2.24, 2.45) is 0 Å². The van der Waals surface area contributed by atoms with Crippen molar-refractivity contribution in [3.05, 3.63) is 34.5 Å². The van der Waals surface area contributed by atoms with Gasteiger partial charge in [0.05, 0.1) is 20.8 Å². The first-order valence-electron chi connectivity index (χ1n) is 7.11. The Morgan fingerprint density at radius 1 is 1.32 bits per heavy atom. The summed E-state index contributed by atoms with van der Waals surface area (Å²) >= 11 is 1.63. The highest BCUT2D eigenvalue weighted by atomic mass is 32.1. The van der Waals surface area contributed by atoms with E-state index in [0.29, 0.717) is 24.7 Å². The molecule has 0 spiro atoms. The summed E-state index contributed by atoms with van der Waals surface area (Å²) in [6.07, 6.45) is 3.59. The van der Waals surface area contributed by atoms with Gasteiger partial charge in [-0.05, 0) is 0 Å². The molecule has 0 aromatic carbocycles. The Balaban J connectivity index is 1.73. The maximum atomic E-state index is 5.82. The molecule has 7 heteroatoms. The standard InChI is InChI=1S/C15H19N3O3S/c1-19-12-3-4-16-11(14(12)20-2)9-18-6-7-21-13(10-18)15-17-5-8-22-15/h3-5,8,13H,6-7,9-10H2,1-2H3/t13-/m0/s1. The van der Waals surface area contributed by atoms with Crippen molar-refractivity contribution in [3.8, 4) is 11.5 Å². The Labute approximate surface area is 133 Å². The van der Waals surface area contributed by atoms with Crippen LogP contribution >= 0.6 is 11.3 Å². The first-order chi connectivity index (χ1) is 10.8. The molecule has 118 valence electrons. The van der Waals surface area contributed by atoms with E-state index in [2.05, 4.69) is 14.9 Å². The van der Waals surface area contributed by atoms with Gasteiger partial charge in [0.2, 0.25) is 0 Å². The van der Waals surface area contributed by atoms with E-state index in [4.69, 9.17) is 14.2 Å². The zero-order valence-electron chi connectivity index (χ0n) is 12.7. The monoisotopic (exact) mass is 321 g/mol. The second-order valence-corrected chi connectivity index (χ2v) is 5.88. The van der Waals surface area contributed by atoms with Crippen LogP contribution in [0, 0.1) is 0 Å². The van der Waals surface area contributed by atoms with Crippen LogP contribution in [0.3, 0.4) is 0 Å². The number of hydrogen-bond acceptors (Lipinski definition) is 7. The number of morpholine rings is 1. The average molecular weight is 321 g/mol. The summed E-state index contributed by atoms with van der Waals surface area (Å²) in [5, 5.41) is 3.00. The van der Waals surface area contributed by atoms with Gasteiger partial charge in [-0.3, -0.25) is 9.88 Å². The van der Waals surface area contributed by atoms with Crippen LogP contribution in [-0.4, -0.2) is 48.8 Å².